The Labute approximate surface area is 198 Å². The Morgan fingerprint density at radius 3 is 2.32 bits per heavy atom. The zero-order chi connectivity index (χ0) is 24.8. The fourth-order valence-corrected chi connectivity index (χ4v) is 3.16. The van der Waals surface area contributed by atoms with Gasteiger partial charge in [-0.15, -0.1) is 0 Å². The van der Waals surface area contributed by atoms with Gasteiger partial charge < -0.3 is 20.9 Å². The van der Waals surface area contributed by atoms with E-state index in [1.165, 1.54) is 24.2 Å². The molecule has 0 bridgehead atoms. The van der Waals surface area contributed by atoms with E-state index < -0.39 is 6.03 Å². The molecule has 1 aromatic heterocycles. The average Bonchev–Trinajstić information content (AvgIpc) is 2.84. The number of benzene rings is 2. The van der Waals surface area contributed by atoms with Gasteiger partial charge in [-0.3, -0.25) is 19.5 Å². The average molecular weight is 461 g/mol. The smallest absolute Gasteiger partial charge is 0.326 e. The predicted octanol–water partition coefficient (Wildman–Crippen LogP) is 3.74. The van der Waals surface area contributed by atoms with Crippen LogP contribution in [0.15, 0.2) is 60.8 Å². The van der Waals surface area contributed by atoms with Crippen molar-refractivity contribution in [1.29, 1.82) is 0 Å². The number of urea groups is 1. The Bertz CT molecular complexity index is 1220. The third-order valence-electron chi connectivity index (χ3n) is 5.26. The highest BCUT2D eigenvalue weighted by Crippen LogP contribution is 2.22. The van der Waals surface area contributed by atoms with Gasteiger partial charge in [0.15, 0.2) is 0 Å². The number of carbonyl (C=O) groups is 3. The minimum atomic E-state index is -0.423. The van der Waals surface area contributed by atoms with Crippen LogP contribution in [0.25, 0.3) is 0 Å². The van der Waals surface area contributed by atoms with Crippen molar-refractivity contribution in [2.45, 2.75) is 6.92 Å². The van der Waals surface area contributed by atoms with E-state index in [0.717, 1.165) is 11.3 Å². The number of nitrogens with zero attached hydrogens (tertiary/aromatic N) is 3. The molecule has 4 amide bonds. The lowest BCUT2D eigenvalue weighted by molar-refractivity contribution is 0.0957. The highest BCUT2D eigenvalue weighted by Gasteiger charge is 2.16. The van der Waals surface area contributed by atoms with Crippen molar-refractivity contribution in [3.63, 3.8) is 0 Å². The topological polar surface area (TPSA) is 107 Å². The van der Waals surface area contributed by atoms with Crippen LogP contribution in [0.1, 0.15) is 26.4 Å². The first-order valence-corrected chi connectivity index (χ1v) is 10.6. The third kappa shape index (κ3) is 5.69. The van der Waals surface area contributed by atoms with Crippen LogP contribution >= 0.6 is 0 Å². The molecule has 0 radical (unpaired) electrons. The lowest BCUT2D eigenvalue weighted by atomic mass is 10.1. The second-order valence-electron chi connectivity index (χ2n) is 7.90. The Kier molecular flexibility index (Phi) is 7.47. The summed E-state index contributed by atoms with van der Waals surface area (Å²) in [7, 11) is 6.95. The van der Waals surface area contributed by atoms with Gasteiger partial charge in [0.1, 0.15) is 5.69 Å². The molecule has 0 fully saturated rings. The predicted molar refractivity (Wildman–Crippen MR) is 135 cm³/mol. The zero-order valence-electron chi connectivity index (χ0n) is 19.8. The van der Waals surface area contributed by atoms with E-state index in [4.69, 9.17) is 0 Å². The molecule has 0 unspecified atom stereocenters. The molecule has 0 saturated carbocycles. The van der Waals surface area contributed by atoms with Crippen LogP contribution < -0.4 is 25.8 Å². The van der Waals surface area contributed by atoms with Gasteiger partial charge in [0.2, 0.25) is 0 Å². The van der Waals surface area contributed by atoms with Gasteiger partial charge in [0.25, 0.3) is 11.8 Å². The zero-order valence-corrected chi connectivity index (χ0v) is 19.8. The number of amides is 4. The van der Waals surface area contributed by atoms with Gasteiger partial charge >= 0.3 is 6.03 Å². The second kappa shape index (κ2) is 10.5. The maximum absolute atomic E-state index is 12.9. The molecule has 9 nitrogen and oxygen atoms in total. The Hall–Kier alpha value is -4.40. The van der Waals surface area contributed by atoms with Crippen LogP contribution in [0.3, 0.4) is 0 Å². The molecule has 1 heterocycles. The summed E-state index contributed by atoms with van der Waals surface area (Å²) in [6.45, 7) is 1.84. The van der Waals surface area contributed by atoms with E-state index in [1.807, 2.05) is 50.2 Å². The van der Waals surface area contributed by atoms with E-state index in [1.54, 1.807) is 31.3 Å². The summed E-state index contributed by atoms with van der Waals surface area (Å²) < 4.78 is 0. The molecule has 0 aliphatic heterocycles. The first kappa shape index (κ1) is 24.2. The Morgan fingerprint density at radius 2 is 1.62 bits per heavy atom. The number of aromatic nitrogens is 1. The fourth-order valence-electron chi connectivity index (χ4n) is 3.16. The normalized spacial score (nSPS) is 10.3. The lowest BCUT2D eigenvalue weighted by Crippen LogP contribution is -2.32. The van der Waals surface area contributed by atoms with Crippen molar-refractivity contribution in [1.82, 2.24) is 10.3 Å². The third-order valence-corrected chi connectivity index (χ3v) is 5.26. The summed E-state index contributed by atoms with van der Waals surface area (Å²) in [5, 5.41) is 8.23. The molecule has 0 aliphatic rings. The van der Waals surface area contributed by atoms with Crippen molar-refractivity contribution in [3.05, 3.63) is 77.6 Å². The standard InChI is InChI=1S/C25H28N6O3/c1-16-9-10-17(23(32)28-18-7-6-8-19(14-18)30(3)4)13-21(16)29-25(34)31(5)20-11-12-27-22(15-20)24(33)26-2/h6-15H,1-5H3,(H,26,33)(H,28,32)(H,29,34). The summed E-state index contributed by atoms with van der Waals surface area (Å²) in [4.78, 5) is 44.9. The monoisotopic (exact) mass is 460 g/mol. The number of pyridine rings is 1. The molecule has 34 heavy (non-hydrogen) atoms. The highest BCUT2D eigenvalue weighted by molar-refractivity contribution is 6.07. The number of rotatable bonds is 6. The highest BCUT2D eigenvalue weighted by atomic mass is 16.2. The SMILES string of the molecule is CNC(=O)c1cc(N(C)C(=O)Nc2cc(C(=O)Nc3cccc(N(C)C)c3)ccc2C)ccn1. The van der Waals surface area contributed by atoms with Crippen molar-refractivity contribution < 1.29 is 14.4 Å². The van der Waals surface area contributed by atoms with Gasteiger partial charge in [-0.1, -0.05) is 12.1 Å². The summed E-state index contributed by atoms with van der Waals surface area (Å²) >= 11 is 0. The number of hydrogen-bond acceptors (Lipinski definition) is 5. The van der Waals surface area contributed by atoms with E-state index in [-0.39, 0.29) is 17.5 Å². The first-order chi connectivity index (χ1) is 16.2. The molecule has 9 heteroatoms. The number of anilines is 4. The molecule has 0 saturated heterocycles. The molecule has 3 rings (SSSR count). The lowest BCUT2D eigenvalue weighted by Gasteiger charge is -2.19. The Balaban J connectivity index is 1.76. The molecule has 2 aromatic carbocycles. The van der Waals surface area contributed by atoms with E-state index in [0.29, 0.717) is 22.6 Å². The van der Waals surface area contributed by atoms with Gasteiger partial charge in [0, 0.05) is 62.7 Å². The number of nitrogens with one attached hydrogen (secondary N) is 3. The molecule has 3 N–H and O–H groups in total. The molecule has 3 aromatic rings. The maximum Gasteiger partial charge on any atom is 0.326 e. The van der Waals surface area contributed by atoms with Crippen LogP contribution in [-0.2, 0) is 0 Å². The van der Waals surface area contributed by atoms with E-state index in [9.17, 15) is 14.4 Å². The molecule has 0 atom stereocenters. The number of hydrogen-bond donors (Lipinski definition) is 3. The van der Waals surface area contributed by atoms with E-state index in [2.05, 4.69) is 20.9 Å². The summed E-state index contributed by atoms with van der Waals surface area (Å²) in [6.07, 6.45) is 1.46. The maximum atomic E-state index is 12.9. The van der Waals surface area contributed by atoms with Crippen LogP contribution in [0, 0.1) is 6.92 Å². The summed E-state index contributed by atoms with van der Waals surface area (Å²) in [5.74, 6) is -0.634. The Morgan fingerprint density at radius 1 is 0.853 bits per heavy atom. The largest absolute Gasteiger partial charge is 0.378 e. The minimum absolute atomic E-state index is 0.202. The molecule has 176 valence electrons. The van der Waals surface area contributed by atoms with Gasteiger partial charge in [-0.25, -0.2) is 4.79 Å². The minimum Gasteiger partial charge on any atom is -0.378 e. The van der Waals surface area contributed by atoms with Crippen molar-refractivity contribution in [2.24, 2.45) is 0 Å². The van der Waals surface area contributed by atoms with Crippen molar-refractivity contribution in [3.8, 4) is 0 Å². The van der Waals surface area contributed by atoms with Crippen LogP contribution in [0.2, 0.25) is 0 Å². The van der Waals surface area contributed by atoms with Crippen molar-refractivity contribution in [2.75, 3.05) is 48.6 Å². The van der Waals surface area contributed by atoms with Gasteiger partial charge in [-0.2, -0.15) is 0 Å². The molecule has 0 aliphatic carbocycles. The van der Waals surface area contributed by atoms with Gasteiger partial charge in [-0.05, 0) is 55.0 Å². The quantitative estimate of drug-likeness (QED) is 0.520. The summed E-state index contributed by atoms with van der Waals surface area (Å²) in [5.41, 5.74) is 4.05. The van der Waals surface area contributed by atoms with Crippen molar-refractivity contribution >= 4 is 40.6 Å². The second-order valence-corrected chi connectivity index (χ2v) is 7.90. The first-order valence-electron chi connectivity index (χ1n) is 10.6. The number of carbonyl (C=O) groups excluding carboxylic acids is 3. The molecular weight excluding hydrogens is 432 g/mol. The van der Waals surface area contributed by atoms with E-state index >= 15 is 0 Å². The fraction of sp³-hybridized carbons (Fsp3) is 0.200. The molecule has 0 spiro atoms. The molecular formula is C25H28N6O3. The summed E-state index contributed by atoms with van der Waals surface area (Å²) in [6, 6.07) is 15.4. The van der Waals surface area contributed by atoms with Crippen LogP contribution in [0.4, 0.5) is 27.5 Å². The van der Waals surface area contributed by atoms with Crippen LogP contribution in [-0.4, -0.2) is 51.0 Å². The van der Waals surface area contributed by atoms with Crippen LogP contribution in [0.5, 0.6) is 0 Å². The van der Waals surface area contributed by atoms with Gasteiger partial charge in [0.05, 0.1) is 0 Å². The number of aryl methyl sites for hydroxylation is 1.